The first-order valence-electron chi connectivity index (χ1n) is 5.29. The molecule has 0 radical (unpaired) electrons. The highest BCUT2D eigenvalue weighted by atomic mass is 19.1. The molecular formula is C13H13FO2. The topological polar surface area (TPSA) is 18.5 Å². The van der Waals surface area contributed by atoms with Crippen molar-refractivity contribution in [1.29, 1.82) is 0 Å². The van der Waals surface area contributed by atoms with E-state index in [0.717, 1.165) is 0 Å². The van der Waals surface area contributed by atoms with E-state index < -0.39 is 0 Å². The number of halogens is 1. The lowest BCUT2D eigenvalue weighted by molar-refractivity contribution is 0.170. The summed E-state index contributed by atoms with van der Waals surface area (Å²) < 4.78 is 24.3. The molecule has 3 heteroatoms. The Morgan fingerprint density at radius 2 is 1.94 bits per heavy atom. The van der Waals surface area contributed by atoms with Gasteiger partial charge in [-0.25, -0.2) is 4.39 Å². The Bertz CT molecular complexity index is 443. The molecule has 0 amide bonds. The third-order valence-electron chi connectivity index (χ3n) is 2.41. The van der Waals surface area contributed by atoms with Crippen LogP contribution >= 0.6 is 0 Å². The molecular weight excluding hydrogens is 207 g/mol. The molecule has 0 fully saturated rings. The lowest BCUT2D eigenvalue weighted by Gasteiger charge is -2.19. The minimum atomic E-state index is -0.248. The Hall–Kier alpha value is -1.69. The molecule has 0 saturated heterocycles. The molecule has 0 atom stereocenters. The van der Waals surface area contributed by atoms with Crippen molar-refractivity contribution < 1.29 is 13.9 Å². The summed E-state index contributed by atoms with van der Waals surface area (Å²) in [6.45, 7) is 2.78. The van der Waals surface area contributed by atoms with Crippen molar-refractivity contribution in [1.82, 2.24) is 0 Å². The molecule has 0 spiro atoms. The summed E-state index contributed by atoms with van der Waals surface area (Å²) in [7, 11) is 0. The van der Waals surface area contributed by atoms with E-state index in [4.69, 9.17) is 9.47 Å². The molecule has 16 heavy (non-hydrogen) atoms. The molecule has 1 heterocycles. The van der Waals surface area contributed by atoms with E-state index in [1.165, 1.54) is 6.07 Å². The van der Waals surface area contributed by atoms with Crippen LogP contribution in [0.25, 0.3) is 0 Å². The highest BCUT2D eigenvalue weighted by molar-refractivity contribution is 5.44. The average molecular weight is 220 g/mol. The predicted octanol–water partition coefficient (Wildman–Crippen LogP) is 2.55. The summed E-state index contributed by atoms with van der Waals surface area (Å²) in [5.41, 5.74) is 0.631. The van der Waals surface area contributed by atoms with Gasteiger partial charge in [0.2, 0.25) is 0 Å². The second-order valence-electron chi connectivity index (χ2n) is 3.51. The first-order chi connectivity index (χ1) is 7.81. The molecule has 1 aromatic rings. The van der Waals surface area contributed by atoms with E-state index in [1.54, 1.807) is 13.0 Å². The Labute approximate surface area is 94.4 Å². The van der Waals surface area contributed by atoms with Gasteiger partial charge < -0.3 is 9.47 Å². The summed E-state index contributed by atoms with van der Waals surface area (Å²) in [6, 6.07) is 3.10. The molecule has 0 unspecified atom stereocenters. The summed E-state index contributed by atoms with van der Waals surface area (Å²) in [5, 5.41) is 0. The summed E-state index contributed by atoms with van der Waals surface area (Å²) >= 11 is 0. The zero-order chi connectivity index (χ0) is 11.4. The fourth-order valence-corrected chi connectivity index (χ4v) is 1.62. The number of rotatable bonds is 2. The summed E-state index contributed by atoms with van der Waals surface area (Å²) in [6.07, 6.45) is 1.26. The third-order valence-corrected chi connectivity index (χ3v) is 2.41. The van der Waals surface area contributed by atoms with Gasteiger partial charge in [-0.05, 0) is 25.0 Å². The molecule has 0 N–H and O–H groups in total. The second-order valence-corrected chi connectivity index (χ2v) is 3.51. The van der Waals surface area contributed by atoms with Crippen LogP contribution in [0.3, 0.4) is 0 Å². The highest BCUT2D eigenvalue weighted by Gasteiger charge is 2.15. The monoisotopic (exact) mass is 220 g/mol. The summed E-state index contributed by atoms with van der Waals surface area (Å²) in [4.78, 5) is 0. The van der Waals surface area contributed by atoms with Crippen molar-refractivity contribution >= 4 is 0 Å². The predicted molar refractivity (Wildman–Crippen MR) is 59.2 cm³/mol. The molecule has 1 aliphatic rings. The molecule has 1 aromatic carbocycles. The Morgan fingerprint density at radius 1 is 1.25 bits per heavy atom. The van der Waals surface area contributed by atoms with Gasteiger partial charge >= 0.3 is 0 Å². The molecule has 0 saturated carbocycles. The van der Waals surface area contributed by atoms with Crippen LogP contribution in [0.1, 0.15) is 18.9 Å². The van der Waals surface area contributed by atoms with Crippen LogP contribution in [0.2, 0.25) is 0 Å². The van der Waals surface area contributed by atoms with E-state index in [-0.39, 0.29) is 5.82 Å². The maximum Gasteiger partial charge on any atom is 0.164 e. The quantitative estimate of drug-likeness (QED) is 0.713. The standard InChI is InChI=1S/C13H13FO2/c1-2-3-4-5-10-8-12-13(9-11(10)14)16-7-6-15-12/h8-9H,4-7H2,1H3. The van der Waals surface area contributed by atoms with E-state index in [2.05, 4.69) is 11.8 Å². The van der Waals surface area contributed by atoms with Crippen molar-refractivity contribution in [2.75, 3.05) is 13.2 Å². The lowest BCUT2D eigenvalue weighted by Crippen LogP contribution is -2.15. The maximum atomic E-state index is 13.6. The van der Waals surface area contributed by atoms with Crippen LogP contribution in [0.4, 0.5) is 4.39 Å². The molecule has 1 aliphatic heterocycles. The van der Waals surface area contributed by atoms with Crippen molar-refractivity contribution in [2.24, 2.45) is 0 Å². The first kappa shape index (κ1) is 10.8. The van der Waals surface area contributed by atoms with Gasteiger partial charge in [-0.1, -0.05) is 0 Å². The van der Waals surface area contributed by atoms with Crippen LogP contribution in [0.5, 0.6) is 11.5 Å². The number of aryl methyl sites for hydroxylation is 1. The minimum absolute atomic E-state index is 0.248. The molecule has 0 aromatic heterocycles. The first-order valence-corrected chi connectivity index (χ1v) is 5.29. The van der Waals surface area contributed by atoms with Crippen molar-refractivity contribution in [2.45, 2.75) is 19.8 Å². The van der Waals surface area contributed by atoms with E-state index in [9.17, 15) is 4.39 Å². The van der Waals surface area contributed by atoms with Crippen molar-refractivity contribution in [3.63, 3.8) is 0 Å². The largest absolute Gasteiger partial charge is 0.486 e. The van der Waals surface area contributed by atoms with Crippen molar-refractivity contribution in [3.05, 3.63) is 23.5 Å². The van der Waals surface area contributed by atoms with Crippen LogP contribution < -0.4 is 9.47 Å². The minimum Gasteiger partial charge on any atom is -0.486 e. The lowest BCUT2D eigenvalue weighted by atomic mass is 10.1. The zero-order valence-corrected chi connectivity index (χ0v) is 9.18. The average Bonchev–Trinajstić information content (AvgIpc) is 2.30. The van der Waals surface area contributed by atoms with Gasteiger partial charge in [0.05, 0.1) is 0 Å². The smallest absolute Gasteiger partial charge is 0.164 e. The number of fused-ring (bicyclic) bond motifs is 1. The second kappa shape index (κ2) is 4.89. The molecule has 84 valence electrons. The van der Waals surface area contributed by atoms with Crippen LogP contribution in [0, 0.1) is 17.7 Å². The molecule has 0 bridgehead atoms. The molecule has 2 rings (SSSR count). The SMILES string of the molecule is CC#CCCc1cc2c(cc1F)OCCO2. The summed E-state index contributed by atoms with van der Waals surface area (Å²) in [5.74, 6) is 6.58. The number of benzene rings is 1. The van der Waals surface area contributed by atoms with Gasteiger partial charge in [0.25, 0.3) is 0 Å². The Balaban J connectivity index is 2.20. The third kappa shape index (κ3) is 2.27. The van der Waals surface area contributed by atoms with Gasteiger partial charge in [-0.3, -0.25) is 0 Å². The van der Waals surface area contributed by atoms with E-state index in [0.29, 0.717) is 43.1 Å². The molecule has 2 nitrogen and oxygen atoms in total. The Kier molecular flexibility index (Phi) is 3.31. The Morgan fingerprint density at radius 3 is 2.62 bits per heavy atom. The van der Waals surface area contributed by atoms with E-state index in [1.807, 2.05) is 0 Å². The molecule has 0 aliphatic carbocycles. The number of hydrogen-bond acceptors (Lipinski definition) is 2. The normalized spacial score (nSPS) is 12.9. The zero-order valence-electron chi connectivity index (χ0n) is 9.18. The van der Waals surface area contributed by atoms with Gasteiger partial charge in [0, 0.05) is 12.5 Å². The fraction of sp³-hybridized carbons (Fsp3) is 0.385. The van der Waals surface area contributed by atoms with Gasteiger partial charge in [-0.15, -0.1) is 11.8 Å². The maximum absolute atomic E-state index is 13.6. The van der Waals surface area contributed by atoms with E-state index >= 15 is 0 Å². The van der Waals surface area contributed by atoms with Gasteiger partial charge in [0.1, 0.15) is 19.0 Å². The fourth-order valence-electron chi connectivity index (χ4n) is 1.62. The van der Waals surface area contributed by atoms with Crippen LogP contribution in [-0.2, 0) is 6.42 Å². The van der Waals surface area contributed by atoms with Gasteiger partial charge in [-0.2, -0.15) is 0 Å². The van der Waals surface area contributed by atoms with Crippen molar-refractivity contribution in [3.8, 4) is 23.3 Å². The number of ether oxygens (including phenoxy) is 2. The van der Waals surface area contributed by atoms with Crippen LogP contribution in [0.15, 0.2) is 12.1 Å². The number of hydrogen-bond donors (Lipinski definition) is 0. The highest BCUT2D eigenvalue weighted by Crippen LogP contribution is 2.32. The van der Waals surface area contributed by atoms with Gasteiger partial charge in [0.15, 0.2) is 11.5 Å². The van der Waals surface area contributed by atoms with Crippen LogP contribution in [-0.4, -0.2) is 13.2 Å².